The van der Waals surface area contributed by atoms with Gasteiger partial charge in [-0.05, 0) is 50.8 Å². The molecule has 1 nitrogen and oxygen atoms in total. The quantitative estimate of drug-likeness (QED) is 0.470. The second-order valence-corrected chi connectivity index (χ2v) is 3.32. The molecule has 0 aliphatic rings. The number of ether oxygens (including phenoxy) is 1. The fourth-order valence-electron chi connectivity index (χ4n) is 1.39. The van der Waals surface area contributed by atoms with Crippen molar-refractivity contribution in [3.63, 3.8) is 0 Å². The molecule has 0 aromatic heterocycles. The number of rotatable bonds is 5. The van der Waals surface area contributed by atoms with Gasteiger partial charge in [-0.2, -0.15) is 0 Å². The first kappa shape index (κ1) is 13.0. The van der Waals surface area contributed by atoms with E-state index >= 15 is 0 Å². The lowest BCUT2D eigenvalue weighted by Crippen LogP contribution is -1.95. The Labute approximate surface area is 88.2 Å². The Morgan fingerprint density at radius 1 is 1.14 bits per heavy atom. The molecule has 80 valence electrons. The van der Waals surface area contributed by atoms with Crippen LogP contribution in [0, 0.1) is 0 Å². The van der Waals surface area contributed by atoms with Crippen molar-refractivity contribution in [1.82, 2.24) is 0 Å². The highest BCUT2D eigenvalue weighted by Crippen LogP contribution is 2.20. The zero-order valence-corrected chi connectivity index (χ0v) is 10.1. The predicted octanol–water partition coefficient (Wildman–Crippen LogP) is 4.23. The normalized spacial score (nSPS) is 14.4. The summed E-state index contributed by atoms with van der Waals surface area (Å²) in [4.78, 5) is 0. The van der Waals surface area contributed by atoms with Crippen LogP contribution in [0.5, 0.6) is 0 Å². The Balaban J connectivity index is 4.99. The Bertz CT molecular complexity index is 256. The van der Waals surface area contributed by atoms with E-state index in [-0.39, 0.29) is 0 Å². The lowest BCUT2D eigenvalue weighted by atomic mass is 10.0. The van der Waals surface area contributed by atoms with E-state index in [0.29, 0.717) is 0 Å². The maximum atomic E-state index is 5.48. The molecular weight excluding hydrogens is 172 g/mol. The SMILES string of the molecule is C=C/C(CC)=C(C)\C(C)=C(/C)OCC. The molecule has 0 aromatic rings. The standard InChI is InChI=1S/C13H22O/c1-7-13(8-2)11(5)10(4)12(6)14-9-3/h7H,1,8-9H2,2-6H3/b12-10+,13-11+. The lowest BCUT2D eigenvalue weighted by molar-refractivity contribution is 0.228. The van der Waals surface area contributed by atoms with Gasteiger partial charge < -0.3 is 4.74 Å². The van der Waals surface area contributed by atoms with Gasteiger partial charge in [0.15, 0.2) is 0 Å². The molecule has 1 heteroatoms. The molecule has 0 atom stereocenters. The Kier molecular flexibility index (Phi) is 6.02. The largest absolute Gasteiger partial charge is 0.498 e. The molecule has 0 fully saturated rings. The zero-order valence-electron chi connectivity index (χ0n) is 10.1. The minimum atomic E-state index is 0.728. The van der Waals surface area contributed by atoms with E-state index in [4.69, 9.17) is 4.74 Å². The summed E-state index contributed by atoms with van der Waals surface area (Å²) >= 11 is 0. The van der Waals surface area contributed by atoms with Gasteiger partial charge in [0, 0.05) is 0 Å². The summed E-state index contributed by atoms with van der Waals surface area (Å²) in [7, 11) is 0. The summed E-state index contributed by atoms with van der Waals surface area (Å²) < 4.78 is 5.48. The second kappa shape index (κ2) is 6.47. The van der Waals surface area contributed by atoms with E-state index in [1.165, 1.54) is 16.7 Å². The van der Waals surface area contributed by atoms with Crippen LogP contribution < -0.4 is 0 Å². The Hall–Kier alpha value is -0.980. The van der Waals surface area contributed by atoms with E-state index in [1.54, 1.807) is 0 Å². The monoisotopic (exact) mass is 194 g/mol. The van der Waals surface area contributed by atoms with Gasteiger partial charge in [0.05, 0.1) is 12.4 Å². The van der Waals surface area contributed by atoms with Crippen LogP contribution in [0.2, 0.25) is 0 Å². The summed E-state index contributed by atoms with van der Waals surface area (Å²) in [6, 6.07) is 0. The molecule has 0 saturated heterocycles. The third-order valence-electron chi connectivity index (χ3n) is 2.56. The third-order valence-corrected chi connectivity index (χ3v) is 2.56. The van der Waals surface area contributed by atoms with Crippen molar-refractivity contribution < 1.29 is 4.74 Å². The van der Waals surface area contributed by atoms with E-state index in [2.05, 4.69) is 27.4 Å². The molecule has 0 saturated carbocycles. The first-order valence-corrected chi connectivity index (χ1v) is 5.21. The van der Waals surface area contributed by atoms with Crippen LogP contribution in [-0.4, -0.2) is 6.61 Å². The molecule has 0 aliphatic carbocycles. The van der Waals surface area contributed by atoms with Crippen molar-refractivity contribution in [2.45, 2.75) is 41.0 Å². The summed E-state index contributed by atoms with van der Waals surface area (Å²) in [5.74, 6) is 1.01. The number of hydrogen-bond acceptors (Lipinski definition) is 1. The van der Waals surface area contributed by atoms with Gasteiger partial charge >= 0.3 is 0 Å². The van der Waals surface area contributed by atoms with Crippen molar-refractivity contribution in [2.24, 2.45) is 0 Å². The van der Waals surface area contributed by atoms with Crippen LogP contribution in [0.25, 0.3) is 0 Å². The van der Waals surface area contributed by atoms with Crippen molar-refractivity contribution >= 4 is 0 Å². The predicted molar refractivity (Wildman–Crippen MR) is 63.2 cm³/mol. The molecule has 0 bridgehead atoms. The summed E-state index contributed by atoms with van der Waals surface area (Å²) in [5, 5.41) is 0. The van der Waals surface area contributed by atoms with Crippen LogP contribution in [-0.2, 0) is 4.74 Å². The van der Waals surface area contributed by atoms with Crippen LogP contribution in [0.1, 0.15) is 41.0 Å². The van der Waals surface area contributed by atoms with E-state index in [0.717, 1.165) is 18.8 Å². The first-order chi connectivity index (χ1) is 6.58. The van der Waals surface area contributed by atoms with Crippen LogP contribution in [0.4, 0.5) is 0 Å². The van der Waals surface area contributed by atoms with Crippen molar-refractivity contribution in [3.05, 3.63) is 35.1 Å². The molecule has 0 rings (SSSR count). The highest BCUT2D eigenvalue weighted by Gasteiger charge is 2.03. The topological polar surface area (TPSA) is 9.23 Å². The number of hydrogen-bond donors (Lipinski definition) is 0. The van der Waals surface area contributed by atoms with Gasteiger partial charge in [-0.3, -0.25) is 0 Å². The first-order valence-electron chi connectivity index (χ1n) is 5.21. The minimum absolute atomic E-state index is 0.728. The zero-order chi connectivity index (χ0) is 11.1. The fourth-order valence-corrected chi connectivity index (χ4v) is 1.39. The highest BCUT2D eigenvalue weighted by molar-refractivity contribution is 5.37. The van der Waals surface area contributed by atoms with Gasteiger partial charge in [-0.1, -0.05) is 19.6 Å². The molecule has 0 spiro atoms. The molecule has 14 heavy (non-hydrogen) atoms. The van der Waals surface area contributed by atoms with Gasteiger partial charge in [0.25, 0.3) is 0 Å². The van der Waals surface area contributed by atoms with Crippen LogP contribution in [0.3, 0.4) is 0 Å². The number of allylic oxidation sites excluding steroid dienone is 5. The molecule has 0 N–H and O–H groups in total. The van der Waals surface area contributed by atoms with Gasteiger partial charge in [0.1, 0.15) is 0 Å². The molecular formula is C13H22O. The average molecular weight is 194 g/mol. The Morgan fingerprint density at radius 3 is 2.07 bits per heavy atom. The molecule has 0 radical (unpaired) electrons. The maximum Gasteiger partial charge on any atom is 0.0960 e. The molecule has 0 unspecified atom stereocenters. The van der Waals surface area contributed by atoms with E-state index in [9.17, 15) is 0 Å². The van der Waals surface area contributed by atoms with Crippen molar-refractivity contribution in [3.8, 4) is 0 Å². The minimum Gasteiger partial charge on any atom is -0.498 e. The van der Waals surface area contributed by atoms with Gasteiger partial charge in [-0.25, -0.2) is 0 Å². The summed E-state index contributed by atoms with van der Waals surface area (Å²) in [5.41, 5.74) is 3.80. The molecule has 0 amide bonds. The molecule has 0 aliphatic heterocycles. The van der Waals surface area contributed by atoms with Crippen molar-refractivity contribution in [1.29, 1.82) is 0 Å². The van der Waals surface area contributed by atoms with Gasteiger partial charge in [-0.15, -0.1) is 0 Å². The fraction of sp³-hybridized carbons (Fsp3) is 0.538. The summed E-state index contributed by atoms with van der Waals surface area (Å²) in [6.07, 6.45) is 2.95. The van der Waals surface area contributed by atoms with Crippen LogP contribution in [0.15, 0.2) is 35.1 Å². The van der Waals surface area contributed by atoms with Crippen LogP contribution >= 0.6 is 0 Å². The maximum absolute atomic E-state index is 5.48. The lowest BCUT2D eigenvalue weighted by Gasteiger charge is -2.11. The van der Waals surface area contributed by atoms with Gasteiger partial charge in [0.2, 0.25) is 0 Å². The van der Waals surface area contributed by atoms with E-state index < -0.39 is 0 Å². The third kappa shape index (κ3) is 3.41. The summed E-state index contributed by atoms with van der Waals surface area (Å²) in [6.45, 7) is 14.9. The Morgan fingerprint density at radius 2 is 1.71 bits per heavy atom. The highest BCUT2D eigenvalue weighted by atomic mass is 16.5. The van der Waals surface area contributed by atoms with E-state index in [1.807, 2.05) is 19.9 Å². The smallest absolute Gasteiger partial charge is 0.0960 e. The second-order valence-electron chi connectivity index (χ2n) is 3.32. The molecule has 0 heterocycles. The van der Waals surface area contributed by atoms with Crippen molar-refractivity contribution in [2.75, 3.05) is 6.61 Å². The molecule has 0 aromatic carbocycles. The average Bonchev–Trinajstić information content (AvgIpc) is 2.18.